The maximum absolute atomic E-state index is 4.72. The van der Waals surface area contributed by atoms with Crippen LogP contribution in [-0.4, -0.2) is 25.1 Å². The van der Waals surface area contributed by atoms with Crippen LogP contribution < -0.4 is 10.2 Å². The van der Waals surface area contributed by atoms with E-state index in [1.165, 1.54) is 31.2 Å². The third-order valence-electron chi connectivity index (χ3n) is 3.78. The van der Waals surface area contributed by atoms with Crippen LogP contribution in [0.5, 0.6) is 0 Å². The van der Waals surface area contributed by atoms with E-state index in [0.29, 0.717) is 6.04 Å². The molecule has 1 saturated carbocycles. The normalized spacial score (nSPS) is 16.4. The molecular weight excluding hydrogens is 210 g/mol. The van der Waals surface area contributed by atoms with Crippen molar-refractivity contribution in [3.05, 3.63) is 23.4 Å². The second-order valence-electron chi connectivity index (χ2n) is 4.99. The van der Waals surface area contributed by atoms with Crippen LogP contribution in [0.3, 0.4) is 0 Å². The van der Waals surface area contributed by atoms with Crippen molar-refractivity contribution in [2.45, 2.75) is 45.2 Å². The Hall–Kier alpha value is -1.09. The molecule has 94 valence electrons. The zero-order chi connectivity index (χ0) is 12.3. The van der Waals surface area contributed by atoms with E-state index in [1.54, 1.807) is 0 Å². The molecule has 0 amide bonds. The van der Waals surface area contributed by atoms with E-state index in [4.69, 9.17) is 4.98 Å². The van der Waals surface area contributed by atoms with E-state index in [0.717, 1.165) is 18.1 Å². The minimum absolute atomic E-state index is 0.692. The molecule has 1 heterocycles. The number of aromatic nitrogens is 1. The first-order valence-corrected chi connectivity index (χ1v) is 6.56. The van der Waals surface area contributed by atoms with Crippen molar-refractivity contribution in [1.29, 1.82) is 0 Å². The number of rotatable bonds is 4. The summed E-state index contributed by atoms with van der Waals surface area (Å²) in [4.78, 5) is 7.07. The number of anilines is 1. The molecule has 1 aromatic heterocycles. The van der Waals surface area contributed by atoms with Gasteiger partial charge in [0.2, 0.25) is 0 Å². The Morgan fingerprint density at radius 2 is 2.06 bits per heavy atom. The molecule has 2 rings (SSSR count). The van der Waals surface area contributed by atoms with Gasteiger partial charge >= 0.3 is 0 Å². The topological polar surface area (TPSA) is 28.2 Å². The molecule has 0 aromatic carbocycles. The lowest BCUT2D eigenvalue weighted by atomic mass is 10.2. The fourth-order valence-corrected chi connectivity index (χ4v) is 2.63. The van der Waals surface area contributed by atoms with Crippen molar-refractivity contribution < 1.29 is 0 Å². The zero-order valence-electron chi connectivity index (χ0n) is 11.2. The molecule has 3 nitrogen and oxygen atoms in total. The molecule has 0 unspecified atom stereocenters. The van der Waals surface area contributed by atoms with Gasteiger partial charge in [0.1, 0.15) is 5.82 Å². The lowest BCUT2D eigenvalue weighted by Gasteiger charge is -2.26. The number of hydrogen-bond donors (Lipinski definition) is 1. The van der Waals surface area contributed by atoms with Gasteiger partial charge in [0.05, 0.1) is 0 Å². The Balaban J connectivity index is 2.12. The molecule has 0 atom stereocenters. The summed E-state index contributed by atoms with van der Waals surface area (Å²) in [5.74, 6) is 1.12. The summed E-state index contributed by atoms with van der Waals surface area (Å²) in [5.41, 5.74) is 2.43. The minimum atomic E-state index is 0.692. The van der Waals surface area contributed by atoms with Gasteiger partial charge in [-0.2, -0.15) is 0 Å². The molecular formula is C14H23N3. The van der Waals surface area contributed by atoms with Crippen LogP contribution in [0.2, 0.25) is 0 Å². The fourth-order valence-electron chi connectivity index (χ4n) is 2.63. The second-order valence-corrected chi connectivity index (χ2v) is 4.99. The number of pyridine rings is 1. The highest BCUT2D eigenvalue weighted by Gasteiger charge is 2.20. The molecule has 0 aliphatic heterocycles. The van der Waals surface area contributed by atoms with Gasteiger partial charge < -0.3 is 10.2 Å². The van der Waals surface area contributed by atoms with Crippen molar-refractivity contribution in [3.8, 4) is 0 Å². The summed E-state index contributed by atoms with van der Waals surface area (Å²) in [6.45, 7) is 2.99. The van der Waals surface area contributed by atoms with Gasteiger partial charge in [0, 0.05) is 25.3 Å². The van der Waals surface area contributed by atoms with Gasteiger partial charge in [-0.25, -0.2) is 4.98 Å². The fraction of sp³-hybridized carbons (Fsp3) is 0.643. The van der Waals surface area contributed by atoms with Gasteiger partial charge in [0.15, 0.2) is 0 Å². The molecule has 0 radical (unpaired) electrons. The smallest absolute Gasteiger partial charge is 0.128 e. The van der Waals surface area contributed by atoms with E-state index in [-0.39, 0.29) is 0 Å². The minimum Gasteiger partial charge on any atom is -0.357 e. The van der Waals surface area contributed by atoms with Crippen molar-refractivity contribution in [3.63, 3.8) is 0 Å². The standard InChI is InChI=1S/C14H23N3/c1-11-12(10-15-2)8-9-14(16-11)17(3)13-6-4-5-7-13/h8-9,13,15H,4-7,10H2,1-3H3. The first-order chi connectivity index (χ1) is 8.22. The third kappa shape index (κ3) is 2.78. The first-order valence-electron chi connectivity index (χ1n) is 6.56. The summed E-state index contributed by atoms with van der Waals surface area (Å²) in [7, 11) is 4.15. The van der Waals surface area contributed by atoms with Gasteiger partial charge in [-0.15, -0.1) is 0 Å². The van der Waals surface area contributed by atoms with Crippen LogP contribution >= 0.6 is 0 Å². The predicted octanol–water partition coefficient (Wildman–Crippen LogP) is 2.49. The van der Waals surface area contributed by atoms with Crippen LogP contribution in [0.15, 0.2) is 12.1 Å². The van der Waals surface area contributed by atoms with Crippen molar-refractivity contribution >= 4 is 5.82 Å². The summed E-state index contributed by atoms with van der Waals surface area (Å²) >= 11 is 0. The van der Waals surface area contributed by atoms with Crippen LogP contribution in [0.25, 0.3) is 0 Å². The lowest BCUT2D eigenvalue weighted by molar-refractivity contribution is 0.645. The van der Waals surface area contributed by atoms with Crippen LogP contribution in [0.4, 0.5) is 5.82 Å². The molecule has 0 bridgehead atoms. The van der Waals surface area contributed by atoms with Crippen LogP contribution in [0, 0.1) is 6.92 Å². The van der Waals surface area contributed by atoms with Gasteiger partial charge in [-0.3, -0.25) is 0 Å². The Labute approximate surface area is 104 Å². The van der Waals surface area contributed by atoms with E-state index in [2.05, 4.69) is 36.3 Å². The summed E-state index contributed by atoms with van der Waals surface area (Å²) in [6.07, 6.45) is 5.36. The number of aryl methyl sites for hydroxylation is 1. The van der Waals surface area contributed by atoms with E-state index >= 15 is 0 Å². The number of nitrogens with zero attached hydrogens (tertiary/aromatic N) is 2. The molecule has 1 aliphatic rings. The Morgan fingerprint density at radius 3 is 2.65 bits per heavy atom. The Kier molecular flexibility index (Phi) is 4.00. The molecule has 0 saturated heterocycles. The molecule has 0 spiro atoms. The highest BCUT2D eigenvalue weighted by molar-refractivity contribution is 5.42. The van der Waals surface area contributed by atoms with Crippen LogP contribution in [0.1, 0.15) is 36.9 Å². The molecule has 3 heteroatoms. The van der Waals surface area contributed by atoms with E-state index < -0.39 is 0 Å². The van der Waals surface area contributed by atoms with Crippen LogP contribution in [-0.2, 0) is 6.54 Å². The van der Waals surface area contributed by atoms with Crippen molar-refractivity contribution in [2.24, 2.45) is 0 Å². The predicted molar refractivity (Wildman–Crippen MR) is 72.4 cm³/mol. The lowest BCUT2D eigenvalue weighted by Crippen LogP contribution is -2.29. The quantitative estimate of drug-likeness (QED) is 0.866. The van der Waals surface area contributed by atoms with Crippen molar-refractivity contribution in [2.75, 3.05) is 19.0 Å². The van der Waals surface area contributed by atoms with Gasteiger partial charge in [-0.1, -0.05) is 18.9 Å². The second kappa shape index (κ2) is 5.50. The monoisotopic (exact) mass is 233 g/mol. The van der Waals surface area contributed by atoms with Gasteiger partial charge in [0.25, 0.3) is 0 Å². The van der Waals surface area contributed by atoms with E-state index in [9.17, 15) is 0 Å². The summed E-state index contributed by atoms with van der Waals surface area (Å²) in [6, 6.07) is 5.04. The third-order valence-corrected chi connectivity index (χ3v) is 3.78. The maximum Gasteiger partial charge on any atom is 0.128 e. The number of hydrogen-bond acceptors (Lipinski definition) is 3. The molecule has 1 aromatic rings. The Morgan fingerprint density at radius 1 is 1.35 bits per heavy atom. The molecule has 1 N–H and O–H groups in total. The van der Waals surface area contributed by atoms with E-state index in [1.807, 2.05) is 7.05 Å². The molecule has 1 aliphatic carbocycles. The summed E-state index contributed by atoms with van der Waals surface area (Å²) < 4.78 is 0. The molecule has 17 heavy (non-hydrogen) atoms. The largest absolute Gasteiger partial charge is 0.357 e. The SMILES string of the molecule is CNCc1ccc(N(C)C2CCCC2)nc1C. The first kappa shape index (κ1) is 12.4. The Bertz CT molecular complexity index is 370. The average molecular weight is 233 g/mol. The van der Waals surface area contributed by atoms with Crippen molar-refractivity contribution in [1.82, 2.24) is 10.3 Å². The van der Waals surface area contributed by atoms with Gasteiger partial charge in [-0.05, 0) is 38.4 Å². The number of nitrogens with one attached hydrogen (secondary N) is 1. The average Bonchev–Trinajstić information content (AvgIpc) is 2.84. The zero-order valence-corrected chi connectivity index (χ0v) is 11.2. The molecule has 1 fully saturated rings. The highest BCUT2D eigenvalue weighted by atomic mass is 15.2. The maximum atomic E-state index is 4.72. The summed E-state index contributed by atoms with van der Waals surface area (Å²) in [5, 5.41) is 3.18. The highest BCUT2D eigenvalue weighted by Crippen LogP contribution is 2.26.